The predicted molar refractivity (Wildman–Crippen MR) is 143 cm³/mol. The fraction of sp³-hybridized carbons (Fsp3) is 0.500. The standard InChI is InChI=1S/C21H26ClN3O6.C5H11NO/c1-4-6-11-24(13-26)18-12-25(21(22)23-18)19(5-2)29-14-30-20(28)16-9-7-8-10-17(16)31-15(3)27;1-4-5(7)6(2)3/h7-10,12-13,19H,4-6,11,14H2,1-3H3;4H2,1-3H3. The second-order valence-electron chi connectivity index (χ2n) is 8.24. The summed E-state index contributed by atoms with van der Waals surface area (Å²) in [6, 6.07) is 6.25. The first kappa shape index (κ1) is 32.6. The van der Waals surface area contributed by atoms with E-state index in [2.05, 4.69) is 4.98 Å². The van der Waals surface area contributed by atoms with Gasteiger partial charge in [-0.2, -0.15) is 0 Å². The molecule has 1 aromatic carbocycles. The summed E-state index contributed by atoms with van der Waals surface area (Å²) in [5, 5.41) is 0.150. The molecule has 11 nitrogen and oxygen atoms in total. The van der Waals surface area contributed by atoms with Crippen molar-refractivity contribution in [1.29, 1.82) is 0 Å². The molecule has 2 amide bonds. The molecule has 210 valence electrons. The minimum Gasteiger partial charge on any atom is -0.435 e. The summed E-state index contributed by atoms with van der Waals surface area (Å²) in [5.41, 5.74) is 0.106. The largest absolute Gasteiger partial charge is 0.435 e. The molecule has 0 saturated carbocycles. The fourth-order valence-corrected chi connectivity index (χ4v) is 3.33. The number of nitrogens with zero attached hydrogens (tertiary/aromatic N) is 4. The van der Waals surface area contributed by atoms with Crippen molar-refractivity contribution < 1.29 is 33.4 Å². The number of imidazole rings is 1. The zero-order valence-corrected chi connectivity index (χ0v) is 23.6. The third-order valence-electron chi connectivity index (χ3n) is 5.12. The number of amides is 2. The number of esters is 2. The summed E-state index contributed by atoms with van der Waals surface area (Å²) < 4.78 is 17.4. The number of hydrogen-bond donors (Lipinski definition) is 0. The molecular weight excluding hydrogens is 516 g/mol. The third kappa shape index (κ3) is 10.5. The van der Waals surface area contributed by atoms with Crippen molar-refractivity contribution in [3.63, 3.8) is 0 Å². The Morgan fingerprint density at radius 2 is 1.84 bits per heavy atom. The van der Waals surface area contributed by atoms with Gasteiger partial charge in [0, 0.05) is 34.0 Å². The Morgan fingerprint density at radius 3 is 2.37 bits per heavy atom. The van der Waals surface area contributed by atoms with Crippen molar-refractivity contribution in [2.24, 2.45) is 0 Å². The van der Waals surface area contributed by atoms with Crippen LogP contribution in [0, 0.1) is 0 Å². The van der Waals surface area contributed by atoms with Crippen LogP contribution in [0.4, 0.5) is 5.82 Å². The molecule has 12 heteroatoms. The van der Waals surface area contributed by atoms with E-state index in [1.807, 2.05) is 20.8 Å². The van der Waals surface area contributed by atoms with Gasteiger partial charge in [-0.3, -0.25) is 23.9 Å². The van der Waals surface area contributed by atoms with Crippen LogP contribution < -0.4 is 9.64 Å². The Labute approximate surface area is 228 Å². The Balaban J connectivity index is 0.000000905. The van der Waals surface area contributed by atoms with Gasteiger partial charge in [0.05, 0.1) is 6.20 Å². The highest BCUT2D eigenvalue weighted by molar-refractivity contribution is 6.28. The predicted octanol–water partition coefficient (Wildman–Crippen LogP) is 4.45. The third-order valence-corrected chi connectivity index (χ3v) is 5.40. The molecule has 1 heterocycles. The van der Waals surface area contributed by atoms with E-state index >= 15 is 0 Å². The molecule has 1 atom stereocenters. The molecule has 2 rings (SSSR count). The number of halogens is 1. The molecular formula is C26H37ClN4O7. The molecule has 38 heavy (non-hydrogen) atoms. The summed E-state index contributed by atoms with van der Waals surface area (Å²) in [7, 11) is 3.51. The molecule has 1 unspecified atom stereocenters. The maximum Gasteiger partial charge on any atom is 0.344 e. The normalized spacial score (nSPS) is 11.0. The maximum absolute atomic E-state index is 12.4. The van der Waals surface area contributed by atoms with Crippen molar-refractivity contribution in [2.45, 2.75) is 59.6 Å². The van der Waals surface area contributed by atoms with E-state index in [0.29, 0.717) is 31.6 Å². The molecule has 0 N–H and O–H groups in total. The number of carbonyl (C=O) groups excluding carboxylic acids is 4. The van der Waals surface area contributed by atoms with Crippen molar-refractivity contribution in [2.75, 3.05) is 32.3 Å². The Morgan fingerprint density at radius 1 is 1.16 bits per heavy atom. The van der Waals surface area contributed by atoms with E-state index in [-0.39, 0.29) is 29.3 Å². The Bertz CT molecular complexity index is 1060. The molecule has 0 aliphatic carbocycles. The Hall–Kier alpha value is -3.44. The molecule has 0 aliphatic rings. The molecule has 1 aromatic heterocycles. The van der Waals surface area contributed by atoms with E-state index < -0.39 is 18.2 Å². The highest BCUT2D eigenvalue weighted by Gasteiger charge is 2.20. The van der Waals surface area contributed by atoms with Gasteiger partial charge in [0.1, 0.15) is 17.5 Å². The van der Waals surface area contributed by atoms with Crippen LogP contribution in [-0.4, -0.2) is 66.1 Å². The molecule has 0 aliphatic heterocycles. The lowest BCUT2D eigenvalue weighted by molar-refractivity contribution is -0.132. The number of unbranched alkanes of at least 4 members (excludes halogenated alkanes) is 1. The first-order valence-electron chi connectivity index (χ1n) is 12.3. The van der Waals surface area contributed by atoms with Crippen LogP contribution in [0.1, 0.15) is 70.0 Å². The second-order valence-corrected chi connectivity index (χ2v) is 8.58. The molecule has 0 saturated heterocycles. The van der Waals surface area contributed by atoms with Gasteiger partial charge < -0.3 is 19.1 Å². The van der Waals surface area contributed by atoms with Crippen LogP contribution in [0.3, 0.4) is 0 Å². The van der Waals surface area contributed by atoms with E-state index in [1.54, 1.807) is 41.9 Å². The van der Waals surface area contributed by atoms with Crippen molar-refractivity contribution >= 4 is 41.7 Å². The summed E-state index contributed by atoms with van der Waals surface area (Å²) in [4.78, 5) is 52.7. The molecule has 0 bridgehead atoms. The van der Waals surface area contributed by atoms with Crippen LogP contribution >= 0.6 is 11.6 Å². The van der Waals surface area contributed by atoms with Crippen LogP contribution in [0.5, 0.6) is 5.75 Å². The fourth-order valence-electron chi connectivity index (χ4n) is 3.08. The summed E-state index contributed by atoms with van der Waals surface area (Å²) in [5.74, 6) is -0.537. The van der Waals surface area contributed by atoms with Crippen LogP contribution in [0.25, 0.3) is 0 Å². The average molecular weight is 553 g/mol. The lowest BCUT2D eigenvalue weighted by Crippen LogP contribution is -2.22. The van der Waals surface area contributed by atoms with Gasteiger partial charge >= 0.3 is 11.9 Å². The van der Waals surface area contributed by atoms with Gasteiger partial charge in [0.15, 0.2) is 12.6 Å². The highest BCUT2D eigenvalue weighted by atomic mass is 35.5. The first-order valence-corrected chi connectivity index (χ1v) is 12.7. The lowest BCUT2D eigenvalue weighted by atomic mass is 10.2. The SMILES string of the molecule is CCC(=O)N(C)C.CCCCN(C=O)c1cn(C(CC)OCOC(=O)c2ccccc2OC(C)=O)c(Cl)n1. The van der Waals surface area contributed by atoms with Crippen LogP contribution in [0.2, 0.25) is 5.28 Å². The minimum atomic E-state index is -0.698. The maximum atomic E-state index is 12.4. The molecule has 0 fully saturated rings. The second kappa shape index (κ2) is 17.1. The summed E-state index contributed by atoms with van der Waals surface area (Å²) in [6.07, 6.45) is 4.65. The van der Waals surface area contributed by atoms with Gasteiger partial charge in [-0.05, 0) is 36.6 Å². The zero-order valence-electron chi connectivity index (χ0n) is 22.8. The number of aromatic nitrogens is 2. The monoisotopic (exact) mass is 552 g/mol. The van der Waals surface area contributed by atoms with E-state index in [9.17, 15) is 19.2 Å². The van der Waals surface area contributed by atoms with Crippen molar-refractivity contribution in [1.82, 2.24) is 14.5 Å². The minimum absolute atomic E-state index is 0.106. The Kier molecular flexibility index (Phi) is 14.7. The number of benzene rings is 1. The average Bonchev–Trinajstić information content (AvgIpc) is 3.27. The first-order chi connectivity index (χ1) is 18.1. The van der Waals surface area contributed by atoms with Crippen LogP contribution in [-0.2, 0) is 23.9 Å². The van der Waals surface area contributed by atoms with Crippen LogP contribution in [0.15, 0.2) is 30.5 Å². The summed E-state index contributed by atoms with van der Waals surface area (Å²) >= 11 is 6.23. The number of carbonyl (C=O) groups is 4. The number of para-hydroxylation sites is 1. The van der Waals surface area contributed by atoms with Crippen molar-refractivity contribution in [3.05, 3.63) is 41.3 Å². The smallest absolute Gasteiger partial charge is 0.344 e. The van der Waals surface area contributed by atoms with Gasteiger partial charge in [-0.1, -0.05) is 39.3 Å². The number of ether oxygens (including phenoxy) is 3. The molecule has 2 aromatic rings. The number of rotatable bonds is 13. The van der Waals surface area contributed by atoms with Gasteiger partial charge in [0.2, 0.25) is 17.6 Å². The van der Waals surface area contributed by atoms with E-state index in [0.717, 1.165) is 12.8 Å². The van der Waals surface area contributed by atoms with E-state index in [1.165, 1.54) is 24.0 Å². The topological polar surface area (TPSA) is 120 Å². The molecule has 0 spiro atoms. The number of hydrogen-bond acceptors (Lipinski definition) is 8. The van der Waals surface area contributed by atoms with Gasteiger partial charge in [0.25, 0.3) is 0 Å². The zero-order chi connectivity index (χ0) is 28.7. The quantitative estimate of drug-likeness (QED) is 0.155. The van der Waals surface area contributed by atoms with Gasteiger partial charge in [-0.15, -0.1) is 0 Å². The van der Waals surface area contributed by atoms with Gasteiger partial charge in [-0.25, -0.2) is 9.78 Å². The lowest BCUT2D eigenvalue weighted by Gasteiger charge is -2.18. The number of anilines is 1. The highest BCUT2D eigenvalue weighted by Crippen LogP contribution is 2.25. The van der Waals surface area contributed by atoms with E-state index in [4.69, 9.17) is 25.8 Å². The van der Waals surface area contributed by atoms with Crippen molar-refractivity contribution in [3.8, 4) is 5.75 Å². The summed E-state index contributed by atoms with van der Waals surface area (Å²) in [6.45, 7) is 7.16. The molecule has 0 radical (unpaired) electrons.